The van der Waals surface area contributed by atoms with Crippen LogP contribution in [0.1, 0.15) is 78.1 Å². The van der Waals surface area contributed by atoms with Crippen LogP contribution in [0.25, 0.3) is 10.8 Å². The van der Waals surface area contributed by atoms with E-state index in [0.29, 0.717) is 24.2 Å². The van der Waals surface area contributed by atoms with Crippen molar-refractivity contribution in [1.29, 1.82) is 0 Å². The topological polar surface area (TPSA) is 18.5 Å². The summed E-state index contributed by atoms with van der Waals surface area (Å²) in [7, 11) is 0. The average Bonchev–Trinajstić information content (AvgIpc) is 2.77. The van der Waals surface area contributed by atoms with Crippen molar-refractivity contribution in [2.24, 2.45) is 5.92 Å². The second kappa shape index (κ2) is 14.8. The molecular formula is C26H38Cl2O2. The molecule has 1 unspecified atom stereocenters. The van der Waals surface area contributed by atoms with Gasteiger partial charge in [0.25, 0.3) is 0 Å². The molecule has 0 N–H and O–H groups in total. The smallest absolute Gasteiger partial charge is 0.145 e. The van der Waals surface area contributed by atoms with Crippen LogP contribution < -0.4 is 9.47 Å². The zero-order valence-corrected chi connectivity index (χ0v) is 20.2. The Labute approximate surface area is 193 Å². The summed E-state index contributed by atoms with van der Waals surface area (Å²) >= 11 is 12.4. The largest absolute Gasteiger partial charge is 0.493 e. The summed E-state index contributed by atoms with van der Waals surface area (Å²) in [5.41, 5.74) is 0. The normalized spacial score (nSPS) is 12.3. The minimum absolute atomic E-state index is 0.570. The second-order valence-corrected chi connectivity index (χ2v) is 8.90. The first kappa shape index (κ1) is 25.1. The van der Waals surface area contributed by atoms with Gasteiger partial charge >= 0.3 is 0 Å². The van der Waals surface area contributed by atoms with E-state index in [1.165, 1.54) is 44.9 Å². The van der Waals surface area contributed by atoms with Crippen LogP contribution >= 0.6 is 23.2 Å². The van der Waals surface area contributed by atoms with Gasteiger partial charge in [-0.3, -0.25) is 0 Å². The van der Waals surface area contributed by atoms with Crippen molar-refractivity contribution in [3.63, 3.8) is 0 Å². The summed E-state index contributed by atoms with van der Waals surface area (Å²) in [5, 5.41) is 2.74. The third kappa shape index (κ3) is 8.19. The van der Waals surface area contributed by atoms with Gasteiger partial charge in [-0.25, -0.2) is 0 Å². The highest BCUT2D eigenvalue weighted by Gasteiger charge is 2.15. The molecule has 0 amide bonds. The van der Waals surface area contributed by atoms with Crippen LogP contribution in [-0.2, 0) is 0 Å². The fourth-order valence-electron chi connectivity index (χ4n) is 3.73. The predicted octanol–water partition coefficient (Wildman–Crippen LogP) is 9.05. The molecule has 0 bridgehead atoms. The Morgan fingerprint density at radius 2 is 1.57 bits per heavy atom. The number of rotatable bonds is 16. The molecule has 0 fully saturated rings. The maximum absolute atomic E-state index is 6.63. The molecule has 2 aromatic rings. The highest BCUT2D eigenvalue weighted by atomic mass is 35.5. The van der Waals surface area contributed by atoms with Crippen molar-refractivity contribution in [3.8, 4) is 11.5 Å². The van der Waals surface area contributed by atoms with Crippen LogP contribution in [0.4, 0.5) is 0 Å². The first-order valence-corrected chi connectivity index (χ1v) is 12.6. The Morgan fingerprint density at radius 3 is 2.27 bits per heavy atom. The van der Waals surface area contributed by atoms with Crippen molar-refractivity contribution in [2.45, 2.75) is 78.1 Å². The number of benzene rings is 2. The molecule has 4 heteroatoms. The molecule has 2 rings (SSSR count). The first-order chi connectivity index (χ1) is 14.7. The molecule has 0 radical (unpaired) electrons. The van der Waals surface area contributed by atoms with Crippen molar-refractivity contribution in [2.75, 3.05) is 19.1 Å². The van der Waals surface area contributed by atoms with E-state index in [-0.39, 0.29) is 0 Å². The molecule has 0 aliphatic carbocycles. The van der Waals surface area contributed by atoms with E-state index in [1.54, 1.807) is 0 Å². The minimum Gasteiger partial charge on any atom is -0.493 e. The Morgan fingerprint density at radius 1 is 0.867 bits per heavy atom. The lowest BCUT2D eigenvalue weighted by molar-refractivity contribution is 0.235. The molecule has 1 atom stereocenters. The fourth-order valence-corrected chi connectivity index (χ4v) is 4.18. The number of unbranched alkanes of at least 4 members (excludes halogenated alkanes) is 6. The molecule has 0 heterocycles. The Hall–Kier alpha value is -1.12. The predicted molar refractivity (Wildman–Crippen MR) is 132 cm³/mol. The summed E-state index contributed by atoms with van der Waals surface area (Å²) in [5.74, 6) is 2.98. The highest BCUT2D eigenvalue weighted by molar-refractivity contribution is 6.33. The summed E-state index contributed by atoms with van der Waals surface area (Å²) in [6, 6.07) is 10.2. The van der Waals surface area contributed by atoms with Gasteiger partial charge in [-0.2, -0.15) is 0 Å². The summed E-state index contributed by atoms with van der Waals surface area (Å²) in [6.45, 7) is 5.89. The van der Waals surface area contributed by atoms with Gasteiger partial charge in [-0.15, -0.1) is 11.6 Å². The third-order valence-corrected chi connectivity index (χ3v) is 6.25. The molecule has 30 heavy (non-hydrogen) atoms. The lowest BCUT2D eigenvalue weighted by Crippen LogP contribution is -2.12. The van der Waals surface area contributed by atoms with Gasteiger partial charge in [0.1, 0.15) is 11.5 Å². The number of hydrogen-bond acceptors (Lipinski definition) is 2. The molecule has 0 spiro atoms. The van der Waals surface area contributed by atoms with Crippen molar-refractivity contribution < 1.29 is 9.47 Å². The maximum atomic E-state index is 6.63. The van der Waals surface area contributed by atoms with E-state index in [9.17, 15) is 0 Å². The number of ether oxygens (including phenoxy) is 2. The van der Waals surface area contributed by atoms with E-state index in [0.717, 1.165) is 47.4 Å². The van der Waals surface area contributed by atoms with Gasteiger partial charge in [-0.1, -0.05) is 94.7 Å². The van der Waals surface area contributed by atoms with E-state index in [2.05, 4.69) is 26.0 Å². The fraction of sp³-hybridized carbons (Fsp3) is 0.615. The standard InChI is InChI=1S/C26H38Cl2O2/c1-3-5-14-21(4-2)20-30-26-23-16-11-10-15-22(23)25(19-24(26)28)29-18-13-9-7-6-8-12-17-27/h10-11,15-16,19,21H,3-9,12-14,17-18,20H2,1-2H3. The summed E-state index contributed by atoms with van der Waals surface area (Å²) < 4.78 is 12.4. The van der Waals surface area contributed by atoms with Gasteiger partial charge in [0.2, 0.25) is 0 Å². The summed E-state index contributed by atoms with van der Waals surface area (Å²) in [6.07, 6.45) is 11.9. The summed E-state index contributed by atoms with van der Waals surface area (Å²) in [4.78, 5) is 0. The van der Waals surface area contributed by atoms with Crippen LogP contribution in [0, 0.1) is 5.92 Å². The Balaban J connectivity index is 1.98. The van der Waals surface area contributed by atoms with E-state index in [4.69, 9.17) is 32.7 Å². The molecule has 0 saturated carbocycles. The molecule has 0 aromatic heterocycles. The van der Waals surface area contributed by atoms with E-state index < -0.39 is 0 Å². The lowest BCUT2D eigenvalue weighted by Gasteiger charge is -2.19. The number of hydrogen-bond donors (Lipinski definition) is 0. The van der Waals surface area contributed by atoms with Crippen LogP contribution in [0.15, 0.2) is 30.3 Å². The van der Waals surface area contributed by atoms with Crippen LogP contribution in [0.5, 0.6) is 11.5 Å². The lowest BCUT2D eigenvalue weighted by atomic mass is 10.0. The van der Waals surface area contributed by atoms with Gasteiger partial charge in [0.15, 0.2) is 0 Å². The number of fused-ring (bicyclic) bond motifs is 1. The highest BCUT2D eigenvalue weighted by Crippen LogP contribution is 2.40. The molecule has 2 aromatic carbocycles. The molecule has 0 aliphatic heterocycles. The third-order valence-electron chi connectivity index (χ3n) is 5.70. The van der Waals surface area contributed by atoms with Gasteiger partial charge < -0.3 is 9.47 Å². The van der Waals surface area contributed by atoms with Crippen molar-refractivity contribution in [1.82, 2.24) is 0 Å². The Kier molecular flexibility index (Phi) is 12.4. The van der Waals surface area contributed by atoms with Crippen LogP contribution in [0.3, 0.4) is 0 Å². The first-order valence-electron chi connectivity index (χ1n) is 11.7. The van der Waals surface area contributed by atoms with E-state index in [1.807, 2.05) is 18.2 Å². The SMILES string of the molecule is CCCCC(CC)COc1c(Cl)cc(OCCCCCCCCCl)c2ccccc12. The average molecular weight is 453 g/mol. The quantitative estimate of drug-likeness (QED) is 0.186. The zero-order chi connectivity index (χ0) is 21.6. The second-order valence-electron chi connectivity index (χ2n) is 8.12. The van der Waals surface area contributed by atoms with Gasteiger partial charge in [0.05, 0.1) is 18.2 Å². The monoisotopic (exact) mass is 452 g/mol. The molecule has 0 saturated heterocycles. The number of alkyl halides is 1. The van der Waals surface area contributed by atoms with Crippen molar-refractivity contribution in [3.05, 3.63) is 35.4 Å². The minimum atomic E-state index is 0.570. The number of halogens is 2. The molecule has 0 aliphatic rings. The maximum Gasteiger partial charge on any atom is 0.145 e. The Bertz CT molecular complexity index is 732. The van der Waals surface area contributed by atoms with Crippen molar-refractivity contribution >= 4 is 34.0 Å². The van der Waals surface area contributed by atoms with Crippen LogP contribution in [0.2, 0.25) is 5.02 Å². The van der Waals surface area contributed by atoms with Crippen LogP contribution in [-0.4, -0.2) is 19.1 Å². The zero-order valence-electron chi connectivity index (χ0n) is 18.7. The molecule has 2 nitrogen and oxygen atoms in total. The van der Waals surface area contributed by atoms with Gasteiger partial charge in [0, 0.05) is 22.7 Å². The van der Waals surface area contributed by atoms with E-state index >= 15 is 0 Å². The van der Waals surface area contributed by atoms with Gasteiger partial charge in [-0.05, 0) is 25.2 Å². The molecular weight excluding hydrogens is 415 g/mol. The molecule has 168 valence electrons.